The van der Waals surface area contributed by atoms with E-state index < -0.39 is 0 Å². The third kappa shape index (κ3) is 15.5. The van der Waals surface area contributed by atoms with Gasteiger partial charge in [0.2, 0.25) is 17.7 Å². The van der Waals surface area contributed by atoms with E-state index in [2.05, 4.69) is 202 Å². The van der Waals surface area contributed by atoms with Gasteiger partial charge in [0, 0.05) is 43.3 Å². The zero-order valence-electron chi connectivity index (χ0n) is 37.3. The molecule has 0 aliphatic rings. The van der Waals surface area contributed by atoms with Gasteiger partial charge in [0.25, 0.3) is 0 Å². The summed E-state index contributed by atoms with van der Waals surface area (Å²) in [7, 11) is 0. The Kier molecular flexibility index (Phi) is 15.9. The summed E-state index contributed by atoms with van der Waals surface area (Å²) < 4.78 is 21.0. The van der Waals surface area contributed by atoms with Crippen molar-refractivity contribution < 1.29 is 18.0 Å². The molecule has 0 N–H and O–H groups in total. The van der Waals surface area contributed by atoms with Gasteiger partial charge in [0.05, 0.1) is 5.69 Å². The first-order valence-corrected chi connectivity index (χ1v) is 18.3. The van der Waals surface area contributed by atoms with E-state index in [1.54, 1.807) is 6.39 Å². The average Bonchev–Trinajstić information content (AvgIpc) is 3.72. The normalized spacial score (nSPS) is 13.1. The van der Waals surface area contributed by atoms with Gasteiger partial charge in [0.15, 0.2) is 12.2 Å². The maximum Gasteiger partial charge on any atom is 0.232 e. The van der Waals surface area contributed by atoms with Gasteiger partial charge in [-0.3, -0.25) is 0 Å². The first-order valence-electron chi connectivity index (χ1n) is 18.3. The van der Waals surface area contributed by atoms with Crippen LogP contribution in [0.4, 0.5) is 0 Å². The minimum Gasteiger partial charge on any atom is -0.448 e. The van der Waals surface area contributed by atoms with Crippen LogP contribution in [0.2, 0.25) is 0 Å². The standard InChI is InChI=1S/C11H19NO.3C10H18N2O.CH4/c1-10(2,3)8-9(11(4,5)6)13-7-12-8;1-9(2,3)7-11-12-8(13-7)10(4,5)6;1-9(2,3)7-11-8(13-12-7)10(4,5)6;1-9(2,3)7-8(10(4,5)6)12-13-11-7;/h7H,1-6H3;3*1-6H3;1H4. The highest BCUT2D eigenvalue weighted by atomic mass is 16.6. The molecule has 0 aliphatic carbocycles. The van der Waals surface area contributed by atoms with Crippen LogP contribution < -0.4 is 0 Å². The molecule has 0 saturated carbocycles. The Labute approximate surface area is 322 Å². The predicted molar refractivity (Wildman–Crippen MR) is 216 cm³/mol. The van der Waals surface area contributed by atoms with Crippen molar-refractivity contribution in [3.8, 4) is 0 Å². The number of hydrogen-bond donors (Lipinski definition) is 0. The van der Waals surface area contributed by atoms with E-state index >= 15 is 0 Å². The molecular weight excluding hydrogens is 667 g/mol. The van der Waals surface area contributed by atoms with Crippen LogP contribution in [-0.2, 0) is 43.3 Å². The fourth-order valence-corrected chi connectivity index (χ4v) is 4.15. The average molecular weight is 744 g/mol. The van der Waals surface area contributed by atoms with Crippen LogP contribution in [0, 0.1) is 0 Å². The summed E-state index contributed by atoms with van der Waals surface area (Å²) in [6.07, 6.45) is 1.54. The Balaban J connectivity index is 0.000000676. The quantitative estimate of drug-likeness (QED) is 0.170. The molecule has 53 heavy (non-hydrogen) atoms. The smallest absolute Gasteiger partial charge is 0.232 e. The minimum absolute atomic E-state index is 0. The molecule has 0 saturated heterocycles. The summed E-state index contributed by atoms with van der Waals surface area (Å²) in [6.45, 7) is 50.3. The molecule has 0 aromatic carbocycles. The molecule has 0 spiro atoms. The third-order valence-electron chi connectivity index (χ3n) is 7.32. The Morgan fingerprint density at radius 1 is 0.415 bits per heavy atom. The molecular formula is C42H77N7O4. The highest BCUT2D eigenvalue weighted by molar-refractivity contribution is 5.24. The van der Waals surface area contributed by atoms with Crippen molar-refractivity contribution in [2.45, 2.75) is 217 Å². The van der Waals surface area contributed by atoms with E-state index in [0.29, 0.717) is 17.7 Å². The Morgan fingerprint density at radius 3 is 1.02 bits per heavy atom. The summed E-state index contributed by atoms with van der Waals surface area (Å²) in [5, 5.41) is 20.0. The van der Waals surface area contributed by atoms with Gasteiger partial charge in [-0.25, -0.2) is 9.61 Å². The first-order chi connectivity index (χ1) is 22.9. The highest BCUT2D eigenvalue weighted by Gasteiger charge is 2.32. The molecule has 0 bridgehead atoms. The van der Waals surface area contributed by atoms with Gasteiger partial charge < -0.3 is 13.4 Å². The van der Waals surface area contributed by atoms with E-state index in [0.717, 1.165) is 28.7 Å². The molecule has 0 atom stereocenters. The second-order valence-electron chi connectivity index (χ2n) is 21.8. The van der Waals surface area contributed by atoms with Crippen molar-refractivity contribution in [2.75, 3.05) is 0 Å². The number of hydrogen-bond acceptors (Lipinski definition) is 11. The van der Waals surface area contributed by atoms with E-state index in [1.807, 2.05) is 0 Å². The highest BCUT2D eigenvalue weighted by Crippen LogP contribution is 2.33. The molecule has 4 heterocycles. The minimum atomic E-state index is -0.0590. The van der Waals surface area contributed by atoms with Crippen molar-refractivity contribution in [1.29, 1.82) is 0 Å². The number of aromatic nitrogens is 7. The summed E-state index contributed by atoms with van der Waals surface area (Å²) in [4.78, 5) is 8.66. The van der Waals surface area contributed by atoms with Crippen molar-refractivity contribution >= 4 is 0 Å². The van der Waals surface area contributed by atoms with E-state index in [4.69, 9.17) is 18.0 Å². The molecule has 4 aromatic heterocycles. The van der Waals surface area contributed by atoms with Crippen LogP contribution in [0.1, 0.15) is 220 Å². The SMILES string of the molecule is C.CC(C)(C)c1ncoc1C(C)(C)C.CC(C)(C)c1nnc(C(C)(C)C)o1.CC(C)(C)c1noc(C(C)(C)C)n1.CC(C)(C)c1nonc1C(C)(C)C. The van der Waals surface area contributed by atoms with Crippen molar-refractivity contribution in [2.24, 2.45) is 0 Å². The summed E-state index contributed by atoms with van der Waals surface area (Å²) in [6, 6.07) is 0. The van der Waals surface area contributed by atoms with Crippen molar-refractivity contribution in [3.63, 3.8) is 0 Å². The van der Waals surface area contributed by atoms with Gasteiger partial charge in [-0.2, -0.15) is 4.98 Å². The van der Waals surface area contributed by atoms with E-state index in [1.165, 1.54) is 0 Å². The Bertz CT molecular complexity index is 1410. The van der Waals surface area contributed by atoms with Crippen LogP contribution in [-0.4, -0.2) is 35.6 Å². The Morgan fingerprint density at radius 2 is 0.792 bits per heavy atom. The van der Waals surface area contributed by atoms with Crippen LogP contribution in [0.15, 0.2) is 24.4 Å². The van der Waals surface area contributed by atoms with Gasteiger partial charge in [-0.15, -0.1) is 10.2 Å². The lowest BCUT2D eigenvalue weighted by Gasteiger charge is -2.22. The molecule has 11 heteroatoms. The number of nitrogens with zero attached hydrogens (tertiary/aromatic N) is 7. The Hall–Kier alpha value is -3.37. The van der Waals surface area contributed by atoms with E-state index in [-0.39, 0.29) is 50.7 Å². The monoisotopic (exact) mass is 744 g/mol. The molecule has 11 nitrogen and oxygen atoms in total. The maximum atomic E-state index is 5.59. The van der Waals surface area contributed by atoms with Crippen LogP contribution in [0.25, 0.3) is 0 Å². The van der Waals surface area contributed by atoms with Crippen LogP contribution in [0.5, 0.6) is 0 Å². The van der Waals surface area contributed by atoms with Crippen molar-refractivity contribution in [3.05, 3.63) is 52.7 Å². The second kappa shape index (κ2) is 17.0. The fraction of sp³-hybridized carbons (Fsp3) is 0.786. The van der Waals surface area contributed by atoms with E-state index in [9.17, 15) is 0 Å². The molecule has 4 rings (SSSR count). The zero-order chi connectivity index (χ0) is 41.1. The summed E-state index contributed by atoms with van der Waals surface area (Å²) >= 11 is 0. The van der Waals surface area contributed by atoms with Gasteiger partial charge in [-0.05, 0) is 0 Å². The lowest BCUT2D eigenvalue weighted by Crippen LogP contribution is -2.21. The molecule has 0 radical (unpaired) electrons. The van der Waals surface area contributed by atoms with Gasteiger partial charge >= 0.3 is 0 Å². The molecule has 0 amide bonds. The molecule has 0 aliphatic heterocycles. The van der Waals surface area contributed by atoms with Crippen molar-refractivity contribution in [1.82, 2.24) is 35.6 Å². The topological polar surface area (TPSA) is 143 Å². The molecule has 0 unspecified atom stereocenters. The van der Waals surface area contributed by atoms with Crippen LogP contribution in [0.3, 0.4) is 0 Å². The van der Waals surface area contributed by atoms with Gasteiger partial charge in [-0.1, -0.05) is 189 Å². The third-order valence-corrected chi connectivity index (χ3v) is 7.32. The zero-order valence-corrected chi connectivity index (χ0v) is 37.3. The largest absolute Gasteiger partial charge is 0.448 e. The summed E-state index contributed by atoms with van der Waals surface area (Å²) in [5.74, 6) is 3.89. The predicted octanol–water partition coefficient (Wildman–Crippen LogP) is 11.9. The molecule has 0 fully saturated rings. The first kappa shape index (κ1) is 49.6. The molecule has 4 aromatic rings. The van der Waals surface area contributed by atoms with Gasteiger partial charge in [0.1, 0.15) is 17.1 Å². The van der Waals surface area contributed by atoms with Crippen LogP contribution >= 0.6 is 0 Å². The lowest BCUT2D eigenvalue weighted by atomic mass is 9.82. The number of rotatable bonds is 0. The molecule has 304 valence electrons. The fourth-order valence-electron chi connectivity index (χ4n) is 4.15. The number of oxazole rings is 1. The maximum absolute atomic E-state index is 5.59. The second-order valence-corrected chi connectivity index (χ2v) is 21.8. The summed E-state index contributed by atoms with van der Waals surface area (Å²) in [5.41, 5.74) is 2.89. The lowest BCUT2D eigenvalue weighted by molar-refractivity contribution is 0.290.